The first kappa shape index (κ1) is 15.4. The van der Waals surface area contributed by atoms with Crippen LogP contribution in [0.4, 0.5) is 18.9 Å². The van der Waals surface area contributed by atoms with Gasteiger partial charge in [0.15, 0.2) is 11.6 Å². The van der Waals surface area contributed by atoms with Crippen molar-refractivity contribution in [2.75, 3.05) is 18.5 Å². The Hall–Kier alpha value is -1.98. The van der Waals surface area contributed by atoms with Gasteiger partial charge >= 0.3 is 0 Å². The monoisotopic (exact) mass is 298 g/mol. The molecule has 3 nitrogen and oxygen atoms in total. The zero-order valence-corrected chi connectivity index (χ0v) is 11.9. The molecular weight excluding hydrogens is 281 g/mol. The van der Waals surface area contributed by atoms with Gasteiger partial charge in [0.25, 0.3) is 6.43 Å². The Morgan fingerprint density at radius 3 is 2.62 bits per heavy atom. The first-order valence-electron chi connectivity index (χ1n) is 6.85. The number of hydrogen-bond acceptors (Lipinski definition) is 3. The molecule has 1 N–H and O–H groups in total. The van der Waals surface area contributed by atoms with E-state index in [2.05, 4.69) is 10.3 Å². The van der Waals surface area contributed by atoms with Crippen LogP contribution < -0.4 is 10.1 Å². The van der Waals surface area contributed by atoms with E-state index in [9.17, 15) is 13.2 Å². The third kappa shape index (κ3) is 3.37. The van der Waals surface area contributed by atoms with E-state index in [4.69, 9.17) is 4.74 Å². The number of pyridine rings is 1. The molecule has 0 radical (unpaired) electrons. The molecule has 0 amide bonds. The summed E-state index contributed by atoms with van der Waals surface area (Å²) in [5.41, 5.74) is 0.329. The van der Waals surface area contributed by atoms with Crippen LogP contribution in [0.3, 0.4) is 0 Å². The van der Waals surface area contributed by atoms with Crippen LogP contribution in [0, 0.1) is 5.82 Å². The van der Waals surface area contributed by atoms with Crippen molar-refractivity contribution in [1.82, 2.24) is 4.98 Å². The van der Waals surface area contributed by atoms with Gasteiger partial charge < -0.3 is 10.1 Å². The number of nitrogens with one attached hydrogen (secondary N) is 1. The number of fused-ring (bicyclic) bond motifs is 1. The van der Waals surface area contributed by atoms with Crippen LogP contribution in [0.2, 0.25) is 0 Å². The van der Waals surface area contributed by atoms with Crippen molar-refractivity contribution in [2.45, 2.75) is 26.7 Å². The molecule has 1 aromatic heterocycles. The third-order valence-corrected chi connectivity index (χ3v) is 2.97. The van der Waals surface area contributed by atoms with Crippen LogP contribution in [-0.4, -0.2) is 18.1 Å². The second-order valence-electron chi connectivity index (χ2n) is 4.55. The summed E-state index contributed by atoms with van der Waals surface area (Å²) in [6.45, 7) is 4.67. The molecule has 2 rings (SSSR count). The lowest BCUT2D eigenvalue weighted by atomic mass is 10.1. The van der Waals surface area contributed by atoms with Crippen molar-refractivity contribution in [3.05, 3.63) is 29.7 Å². The molecule has 0 aliphatic carbocycles. The molecule has 0 aliphatic rings. The van der Waals surface area contributed by atoms with Crippen molar-refractivity contribution in [3.63, 3.8) is 0 Å². The molecule has 114 valence electrons. The van der Waals surface area contributed by atoms with Gasteiger partial charge in [-0.25, -0.2) is 18.2 Å². The van der Waals surface area contributed by atoms with Crippen LogP contribution in [0.15, 0.2) is 18.2 Å². The number of anilines is 1. The molecular formula is C15H17F3N2O. The third-order valence-electron chi connectivity index (χ3n) is 2.97. The molecule has 0 saturated carbocycles. The second-order valence-corrected chi connectivity index (χ2v) is 4.55. The summed E-state index contributed by atoms with van der Waals surface area (Å²) in [7, 11) is 0. The fourth-order valence-electron chi connectivity index (χ4n) is 2.03. The standard InChI is InChI=1S/C15H17F3N2O/c1-3-5-19-11-8-13(15(17)18)20-12-7-10(16)14(21-4-2)6-9(11)12/h6-8,15H,3-5H2,1-2H3,(H,19,20). The Labute approximate surface area is 121 Å². The van der Waals surface area contributed by atoms with E-state index >= 15 is 0 Å². The van der Waals surface area contributed by atoms with Crippen molar-refractivity contribution in [1.29, 1.82) is 0 Å². The molecule has 6 heteroatoms. The van der Waals surface area contributed by atoms with E-state index in [0.29, 0.717) is 24.2 Å². The minimum absolute atomic E-state index is 0.0937. The Kier molecular flexibility index (Phi) is 4.88. The average molecular weight is 298 g/mol. The Morgan fingerprint density at radius 1 is 1.24 bits per heavy atom. The number of aromatic nitrogens is 1. The first-order chi connectivity index (χ1) is 10.1. The SMILES string of the molecule is CCCNc1cc(C(F)F)nc2cc(F)c(OCC)cc12. The molecule has 0 fully saturated rings. The van der Waals surface area contributed by atoms with Crippen molar-refractivity contribution >= 4 is 16.6 Å². The zero-order chi connectivity index (χ0) is 15.4. The number of benzene rings is 1. The molecule has 0 aliphatic heterocycles. The highest BCUT2D eigenvalue weighted by atomic mass is 19.3. The van der Waals surface area contributed by atoms with E-state index in [1.165, 1.54) is 12.1 Å². The second kappa shape index (κ2) is 6.65. The number of hydrogen-bond donors (Lipinski definition) is 1. The lowest BCUT2D eigenvalue weighted by Gasteiger charge is -2.13. The molecule has 1 aromatic carbocycles. The summed E-state index contributed by atoms with van der Waals surface area (Å²) < 4.78 is 44.8. The van der Waals surface area contributed by atoms with Gasteiger partial charge in [-0.1, -0.05) is 6.92 Å². The van der Waals surface area contributed by atoms with E-state index in [1.807, 2.05) is 6.92 Å². The van der Waals surface area contributed by atoms with Crippen molar-refractivity contribution in [3.8, 4) is 5.75 Å². The highest BCUT2D eigenvalue weighted by Crippen LogP contribution is 2.32. The number of halogens is 3. The summed E-state index contributed by atoms with van der Waals surface area (Å²) in [6.07, 6.45) is -1.86. The summed E-state index contributed by atoms with van der Waals surface area (Å²) in [4.78, 5) is 3.82. The molecule has 0 unspecified atom stereocenters. The average Bonchev–Trinajstić information content (AvgIpc) is 2.45. The minimum atomic E-state index is -2.70. The highest BCUT2D eigenvalue weighted by Gasteiger charge is 2.15. The largest absolute Gasteiger partial charge is 0.491 e. The molecule has 0 spiro atoms. The maximum Gasteiger partial charge on any atom is 0.280 e. The van der Waals surface area contributed by atoms with Crippen LogP contribution in [0.5, 0.6) is 5.75 Å². The van der Waals surface area contributed by atoms with E-state index in [0.717, 1.165) is 12.5 Å². The van der Waals surface area contributed by atoms with Crippen molar-refractivity contribution in [2.24, 2.45) is 0 Å². The maximum atomic E-state index is 13.9. The molecule has 1 heterocycles. The highest BCUT2D eigenvalue weighted by molar-refractivity contribution is 5.92. The summed E-state index contributed by atoms with van der Waals surface area (Å²) in [6, 6.07) is 3.92. The van der Waals surface area contributed by atoms with Gasteiger partial charge in [-0.3, -0.25) is 0 Å². The fourth-order valence-corrected chi connectivity index (χ4v) is 2.03. The van der Waals surface area contributed by atoms with Gasteiger partial charge in [0.05, 0.1) is 12.1 Å². The Bertz CT molecular complexity index is 632. The molecule has 2 aromatic rings. The molecule has 21 heavy (non-hydrogen) atoms. The van der Waals surface area contributed by atoms with Gasteiger partial charge in [0.1, 0.15) is 5.69 Å². The predicted octanol–water partition coefficient (Wildman–Crippen LogP) is 4.53. The Balaban J connectivity index is 2.60. The molecule has 0 saturated heterocycles. The summed E-state index contributed by atoms with van der Waals surface area (Å²) in [5, 5.41) is 3.64. The smallest absolute Gasteiger partial charge is 0.280 e. The number of alkyl halides is 2. The maximum absolute atomic E-state index is 13.9. The Morgan fingerprint density at radius 2 is 2.00 bits per heavy atom. The van der Waals surface area contributed by atoms with Crippen LogP contribution in [0.1, 0.15) is 32.4 Å². The summed E-state index contributed by atoms with van der Waals surface area (Å²) in [5.74, 6) is -0.513. The number of nitrogens with zero attached hydrogens (tertiary/aromatic N) is 1. The lowest BCUT2D eigenvalue weighted by molar-refractivity contribution is 0.146. The summed E-state index contributed by atoms with van der Waals surface area (Å²) >= 11 is 0. The van der Waals surface area contributed by atoms with Crippen LogP contribution in [0.25, 0.3) is 10.9 Å². The lowest BCUT2D eigenvalue weighted by Crippen LogP contribution is -2.04. The normalized spacial score (nSPS) is 11.1. The topological polar surface area (TPSA) is 34.2 Å². The zero-order valence-electron chi connectivity index (χ0n) is 11.9. The molecule has 0 bridgehead atoms. The predicted molar refractivity (Wildman–Crippen MR) is 76.6 cm³/mol. The van der Waals surface area contributed by atoms with Gasteiger partial charge in [0, 0.05) is 23.7 Å². The minimum Gasteiger partial charge on any atom is -0.491 e. The van der Waals surface area contributed by atoms with E-state index in [-0.39, 0.29) is 17.0 Å². The molecule has 0 atom stereocenters. The van der Waals surface area contributed by atoms with Gasteiger partial charge in [-0.2, -0.15) is 0 Å². The van der Waals surface area contributed by atoms with E-state index < -0.39 is 12.2 Å². The first-order valence-corrected chi connectivity index (χ1v) is 6.85. The van der Waals surface area contributed by atoms with Crippen LogP contribution >= 0.6 is 0 Å². The van der Waals surface area contributed by atoms with Gasteiger partial charge in [-0.15, -0.1) is 0 Å². The number of rotatable bonds is 6. The van der Waals surface area contributed by atoms with Crippen molar-refractivity contribution < 1.29 is 17.9 Å². The number of ether oxygens (including phenoxy) is 1. The fraction of sp³-hybridized carbons (Fsp3) is 0.400. The van der Waals surface area contributed by atoms with Gasteiger partial charge in [0.2, 0.25) is 0 Å². The van der Waals surface area contributed by atoms with E-state index in [1.54, 1.807) is 6.92 Å². The van der Waals surface area contributed by atoms with Crippen LogP contribution in [-0.2, 0) is 0 Å². The van der Waals surface area contributed by atoms with Gasteiger partial charge in [-0.05, 0) is 25.5 Å². The quantitative estimate of drug-likeness (QED) is 0.850.